The zero-order valence-electron chi connectivity index (χ0n) is 9.26. The molecule has 0 N–H and O–H groups in total. The Morgan fingerprint density at radius 1 is 0.875 bits per heavy atom. The topological polar surface area (TPSA) is 0 Å². The Morgan fingerprint density at radius 3 is 2.31 bits per heavy atom. The van der Waals surface area contributed by atoms with Crippen molar-refractivity contribution < 1.29 is 0 Å². The third-order valence-corrected chi connectivity index (χ3v) is 3.33. The molecule has 16 heavy (non-hydrogen) atoms. The molecule has 2 aromatic carbocycles. The summed E-state index contributed by atoms with van der Waals surface area (Å²) in [5, 5.41) is 2.14. The maximum absolute atomic E-state index is 2.15. The third-order valence-electron chi connectivity index (χ3n) is 2.35. The monoisotopic (exact) mass is 226 g/mol. The molecule has 0 aromatic heterocycles. The van der Waals surface area contributed by atoms with E-state index in [2.05, 4.69) is 66.9 Å². The van der Waals surface area contributed by atoms with Crippen molar-refractivity contribution in [3.8, 4) is 0 Å². The first-order chi connectivity index (χ1) is 7.86. The van der Waals surface area contributed by atoms with Gasteiger partial charge < -0.3 is 0 Å². The zero-order valence-corrected chi connectivity index (χ0v) is 10.1. The van der Waals surface area contributed by atoms with Gasteiger partial charge in [-0.1, -0.05) is 60.3 Å². The fourth-order valence-electron chi connectivity index (χ4n) is 1.44. The average Bonchev–Trinajstić information content (AvgIpc) is 2.33. The third kappa shape index (κ3) is 3.01. The first-order valence-electron chi connectivity index (χ1n) is 5.30. The van der Waals surface area contributed by atoms with Crippen LogP contribution in [0.25, 0.3) is 6.08 Å². The molecule has 0 aliphatic heterocycles. The molecule has 1 heteroatoms. The van der Waals surface area contributed by atoms with Crippen LogP contribution >= 0.6 is 11.8 Å². The summed E-state index contributed by atoms with van der Waals surface area (Å²) in [5.41, 5.74) is 2.56. The van der Waals surface area contributed by atoms with Crippen LogP contribution in [0.15, 0.2) is 64.9 Å². The van der Waals surface area contributed by atoms with Gasteiger partial charge in [0.2, 0.25) is 0 Å². The normalized spacial score (nSPS) is 10.8. The molecule has 0 spiro atoms. The lowest BCUT2D eigenvalue weighted by molar-refractivity contribution is 1.31. The molecule has 0 bridgehead atoms. The van der Waals surface area contributed by atoms with Crippen LogP contribution in [0.5, 0.6) is 0 Å². The summed E-state index contributed by atoms with van der Waals surface area (Å²) in [6, 6.07) is 18.8. The molecule has 0 atom stereocenters. The molecule has 0 fully saturated rings. The van der Waals surface area contributed by atoms with Crippen molar-refractivity contribution >= 4 is 17.8 Å². The summed E-state index contributed by atoms with van der Waals surface area (Å²) in [6.07, 6.45) is 2.14. The molecule has 0 saturated carbocycles. The Morgan fingerprint density at radius 2 is 1.56 bits per heavy atom. The lowest BCUT2D eigenvalue weighted by Gasteiger charge is -2.00. The number of benzene rings is 2. The first-order valence-corrected chi connectivity index (χ1v) is 6.18. The van der Waals surface area contributed by atoms with E-state index < -0.39 is 0 Å². The van der Waals surface area contributed by atoms with Gasteiger partial charge in [0.05, 0.1) is 0 Å². The zero-order chi connectivity index (χ0) is 11.2. The van der Waals surface area contributed by atoms with E-state index in [1.54, 1.807) is 11.8 Å². The second-order valence-electron chi connectivity index (χ2n) is 3.60. The van der Waals surface area contributed by atoms with E-state index in [1.807, 2.05) is 6.07 Å². The van der Waals surface area contributed by atoms with Crippen molar-refractivity contribution in [1.29, 1.82) is 0 Å². The van der Waals surface area contributed by atoms with Gasteiger partial charge in [-0.2, -0.15) is 0 Å². The van der Waals surface area contributed by atoms with Crippen LogP contribution in [-0.4, -0.2) is 0 Å². The van der Waals surface area contributed by atoms with Gasteiger partial charge in [-0.25, -0.2) is 0 Å². The van der Waals surface area contributed by atoms with Crippen LogP contribution < -0.4 is 0 Å². The summed E-state index contributed by atoms with van der Waals surface area (Å²) in [4.78, 5) is 1.31. The summed E-state index contributed by atoms with van der Waals surface area (Å²) in [6.45, 7) is 2.14. The van der Waals surface area contributed by atoms with E-state index in [-0.39, 0.29) is 0 Å². The van der Waals surface area contributed by atoms with Gasteiger partial charge in [-0.3, -0.25) is 0 Å². The molecule has 0 aliphatic rings. The summed E-state index contributed by atoms with van der Waals surface area (Å²) in [5.74, 6) is 0. The Labute approximate surface area is 101 Å². The van der Waals surface area contributed by atoms with Crippen molar-refractivity contribution in [2.45, 2.75) is 11.8 Å². The quantitative estimate of drug-likeness (QED) is 0.680. The van der Waals surface area contributed by atoms with E-state index in [1.165, 1.54) is 16.0 Å². The van der Waals surface area contributed by atoms with Crippen LogP contribution in [0.4, 0.5) is 0 Å². The van der Waals surface area contributed by atoms with Crippen molar-refractivity contribution in [3.05, 3.63) is 71.1 Å². The van der Waals surface area contributed by atoms with Crippen LogP contribution in [0.1, 0.15) is 11.1 Å². The molecule has 2 aromatic rings. The van der Waals surface area contributed by atoms with Crippen LogP contribution in [0.3, 0.4) is 0 Å². The van der Waals surface area contributed by atoms with Crippen LogP contribution in [-0.2, 0) is 0 Å². The number of thioether (sulfide) groups is 1. The van der Waals surface area contributed by atoms with E-state index in [9.17, 15) is 0 Å². The van der Waals surface area contributed by atoms with Gasteiger partial charge in [0.1, 0.15) is 0 Å². The second kappa shape index (κ2) is 5.57. The van der Waals surface area contributed by atoms with Gasteiger partial charge in [0.15, 0.2) is 0 Å². The Balaban J connectivity index is 2.03. The molecule has 0 nitrogen and oxygen atoms in total. The van der Waals surface area contributed by atoms with E-state index in [0.29, 0.717) is 0 Å². The SMILES string of the molecule is Cc1ccccc1S/C=C/c1ccccc1. The molecule has 0 saturated heterocycles. The van der Waals surface area contributed by atoms with Crippen molar-refractivity contribution in [2.75, 3.05) is 0 Å². The fraction of sp³-hybridized carbons (Fsp3) is 0.0667. The molecule has 0 heterocycles. The van der Waals surface area contributed by atoms with Crippen molar-refractivity contribution in [3.63, 3.8) is 0 Å². The highest BCUT2D eigenvalue weighted by molar-refractivity contribution is 8.02. The maximum Gasteiger partial charge on any atom is 0.0145 e. The van der Waals surface area contributed by atoms with E-state index in [0.717, 1.165) is 0 Å². The van der Waals surface area contributed by atoms with Gasteiger partial charge in [-0.05, 0) is 35.6 Å². The average molecular weight is 226 g/mol. The lowest BCUT2D eigenvalue weighted by atomic mass is 10.2. The predicted molar refractivity (Wildman–Crippen MR) is 72.5 cm³/mol. The Kier molecular flexibility index (Phi) is 3.84. The minimum absolute atomic E-state index is 1.24. The molecule has 0 aliphatic carbocycles. The molecule has 0 amide bonds. The predicted octanol–water partition coefficient (Wildman–Crippen LogP) is 4.76. The van der Waals surface area contributed by atoms with Crippen LogP contribution in [0.2, 0.25) is 0 Å². The van der Waals surface area contributed by atoms with Crippen LogP contribution in [0, 0.1) is 6.92 Å². The minimum atomic E-state index is 1.24. The number of rotatable bonds is 3. The molecular weight excluding hydrogens is 212 g/mol. The summed E-state index contributed by atoms with van der Waals surface area (Å²) >= 11 is 1.76. The number of hydrogen-bond donors (Lipinski definition) is 0. The smallest absolute Gasteiger partial charge is 0.0145 e. The molecule has 2 rings (SSSR count). The Bertz CT molecular complexity index is 472. The molecular formula is C15H14S. The number of hydrogen-bond acceptors (Lipinski definition) is 1. The van der Waals surface area contributed by atoms with Crippen molar-refractivity contribution in [1.82, 2.24) is 0 Å². The van der Waals surface area contributed by atoms with Gasteiger partial charge >= 0.3 is 0 Å². The first kappa shape index (κ1) is 11.0. The molecule has 0 unspecified atom stereocenters. The maximum atomic E-state index is 2.15. The van der Waals surface area contributed by atoms with Crippen molar-refractivity contribution in [2.24, 2.45) is 0 Å². The fourth-order valence-corrected chi connectivity index (χ4v) is 2.22. The standard InChI is InChI=1S/C15H14S/c1-13-7-5-6-10-15(13)16-12-11-14-8-3-2-4-9-14/h2-12H,1H3/b12-11+. The summed E-state index contributed by atoms with van der Waals surface area (Å²) < 4.78 is 0. The van der Waals surface area contributed by atoms with Gasteiger partial charge in [0.25, 0.3) is 0 Å². The summed E-state index contributed by atoms with van der Waals surface area (Å²) in [7, 11) is 0. The highest BCUT2D eigenvalue weighted by Crippen LogP contribution is 2.23. The lowest BCUT2D eigenvalue weighted by Crippen LogP contribution is -1.75. The van der Waals surface area contributed by atoms with E-state index in [4.69, 9.17) is 0 Å². The molecule has 80 valence electrons. The van der Waals surface area contributed by atoms with Gasteiger partial charge in [-0.15, -0.1) is 0 Å². The highest BCUT2D eigenvalue weighted by Gasteiger charge is 1.93. The Hall–Kier alpha value is -1.47. The minimum Gasteiger partial charge on any atom is -0.0978 e. The molecule has 0 radical (unpaired) electrons. The van der Waals surface area contributed by atoms with Gasteiger partial charge in [0, 0.05) is 4.90 Å². The second-order valence-corrected chi connectivity index (χ2v) is 4.54. The highest BCUT2D eigenvalue weighted by atomic mass is 32.2. The largest absolute Gasteiger partial charge is 0.0978 e. The number of aryl methyl sites for hydroxylation is 1. The van der Waals surface area contributed by atoms with E-state index >= 15 is 0 Å².